The second-order valence-corrected chi connectivity index (χ2v) is 4.22. The van der Waals surface area contributed by atoms with Gasteiger partial charge in [0, 0.05) is 23.3 Å². The summed E-state index contributed by atoms with van der Waals surface area (Å²) < 4.78 is 0. The molecule has 0 amide bonds. The molecule has 82 valence electrons. The lowest BCUT2D eigenvalue weighted by Crippen LogP contribution is -1.86. The van der Waals surface area contributed by atoms with Crippen molar-refractivity contribution in [3.63, 3.8) is 0 Å². The summed E-state index contributed by atoms with van der Waals surface area (Å²) in [4.78, 5) is 4.33. The Balaban J connectivity index is 2.35. The van der Waals surface area contributed by atoms with Gasteiger partial charge in [-0.25, -0.2) is 0 Å². The highest BCUT2D eigenvalue weighted by atomic mass is 14.6. The fourth-order valence-electron chi connectivity index (χ4n) is 2.21. The molecule has 0 fully saturated rings. The molecule has 0 atom stereocenters. The monoisotopic (exact) mass is 219 g/mol. The van der Waals surface area contributed by atoms with E-state index in [1.807, 2.05) is 18.5 Å². The summed E-state index contributed by atoms with van der Waals surface area (Å²) in [6, 6.07) is 16.8. The molecule has 1 aromatic heterocycles. The standard InChI is InChI=1S/C16H13N/c1-12-6-2-4-8-14(12)16-11-17-10-13-7-3-5-9-15(13)16/h2-11H,1H3. The molecule has 0 aliphatic rings. The number of nitrogens with zero attached hydrogens (tertiary/aromatic N) is 1. The van der Waals surface area contributed by atoms with Gasteiger partial charge < -0.3 is 0 Å². The number of fused-ring (bicyclic) bond motifs is 1. The molecule has 0 N–H and O–H groups in total. The second kappa shape index (κ2) is 4.02. The molecule has 3 rings (SSSR count). The number of pyridine rings is 1. The molecule has 0 saturated heterocycles. The number of rotatable bonds is 1. The third kappa shape index (κ3) is 1.70. The minimum absolute atomic E-state index is 1.19. The molecular weight excluding hydrogens is 206 g/mol. The average molecular weight is 219 g/mol. The van der Waals surface area contributed by atoms with Gasteiger partial charge in [-0.2, -0.15) is 0 Å². The summed E-state index contributed by atoms with van der Waals surface area (Å²) in [7, 11) is 0. The highest BCUT2D eigenvalue weighted by Gasteiger charge is 2.05. The molecular formula is C16H13N. The summed E-state index contributed by atoms with van der Waals surface area (Å²) in [6.45, 7) is 2.14. The Morgan fingerprint density at radius 2 is 1.53 bits per heavy atom. The van der Waals surface area contributed by atoms with Crippen LogP contribution in [0.15, 0.2) is 60.9 Å². The van der Waals surface area contributed by atoms with Gasteiger partial charge in [0.1, 0.15) is 0 Å². The van der Waals surface area contributed by atoms with Gasteiger partial charge in [-0.1, -0.05) is 48.5 Å². The normalized spacial score (nSPS) is 10.6. The summed E-state index contributed by atoms with van der Waals surface area (Å²) in [5.41, 5.74) is 3.75. The Bertz CT molecular complexity index is 666. The Morgan fingerprint density at radius 3 is 2.41 bits per heavy atom. The van der Waals surface area contributed by atoms with Crippen molar-refractivity contribution in [1.29, 1.82) is 0 Å². The van der Waals surface area contributed by atoms with E-state index in [0.717, 1.165) is 0 Å². The van der Waals surface area contributed by atoms with Gasteiger partial charge in [0.25, 0.3) is 0 Å². The van der Waals surface area contributed by atoms with Crippen LogP contribution in [0.2, 0.25) is 0 Å². The minimum atomic E-state index is 1.19. The quantitative estimate of drug-likeness (QED) is 0.597. The van der Waals surface area contributed by atoms with E-state index in [1.54, 1.807) is 0 Å². The van der Waals surface area contributed by atoms with Crippen molar-refractivity contribution >= 4 is 10.8 Å². The summed E-state index contributed by atoms with van der Waals surface area (Å²) >= 11 is 0. The van der Waals surface area contributed by atoms with E-state index >= 15 is 0 Å². The number of aryl methyl sites for hydroxylation is 1. The number of aromatic nitrogens is 1. The first-order valence-corrected chi connectivity index (χ1v) is 5.75. The maximum atomic E-state index is 4.33. The molecule has 1 nitrogen and oxygen atoms in total. The minimum Gasteiger partial charge on any atom is -0.263 e. The third-order valence-corrected chi connectivity index (χ3v) is 3.10. The smallest absolute Gasteiger partial charge is 0.0352 e. The van der Waals surface area contributed by atoms with Crippen LogP contribution in [-0.2, 0) is 0 Å². The first-order valence-electron chi connectivity index (χ1n) is 5.75. The predicted octanol–water partition coefficient (Wildman–Crippen LogP) is 4.21. The summed E-state index contributed by atoms with van der Waals surface area (Å²) in [5, 5.41) is 2.45. The van der Waals surface area contributed by atoms with Crippen molar-refractivity contribution in [3.05, 3.63) is 66.5 Å². The van der Waals surface area contributed by atoms with Gasteiger partial charge in [-0.3, -0.25) is 4.98 Å². The van der Waals surface area contributed by atoms with Crippen molar-refractivity contribution < 1.29 is 0 Å². The van der Waals surface area contributed by atoms with Crippen LogP contribution in [0.4, 0.5) is 0 Å². The van der Waals surface area contributed by atoms with Gasteiger partial charge in [0.05, 0.1) is 0 Å². The average Bonchev–Trinajstić information content (AvgIpc) is 2.39. The summed E-state index contributed by atoms with van der Waals surface area (Å²) in [6.07, 6.45) is 3.86. The van der Waals surface area contributed by atoms with Crippen LogP contribution in [0.1, 0.15) is 5.56 Å². The second-order valence-electron chi connectivity index (χ2n) is 4.22. The zero-order valence-electron chi connectivity index (χ0n) is 9.72. The lowest BCUT2D eigenvalue weighted by Gasteiger charge is -2.08. The van der Waals surface area contributed by atoms with Crippen LogP contribution < -0.4 is 0 Å². The van der Waals surface area contributed by atoms with Crippen molar-refractivity contribution in [2.75, 3.05) is 0 Å². The predicted molar refractivity (Wildman–Crippen MR) is 71.9 cm³/mol. The number of benzene rings is 2. The summed E-state index contributed by atoms with van der Waals surface area (Å²) in [5.74, 6) is 0. The van der Waals surface area contributed by atoms with Crippen molar-refractivity contribution in [2.45, 2.75) is 6.92 Å². The van der Waals surface area contributed by atoms with Crippen molar-refractivity contribution in [3.8, 4) is 11.1 Å². The largest absolute Gasteiger partial charge is 0.263 e. The molecule has 1 heterocycles. The molecule has 17 heavy (non-hydrogen) atoms. The molecule has 0 radical (unpaired) electrons. The fourth-order valence-corrected chi connectivity index (χ4v) is 2.21. The lowest BCUT2D eigenvalue weighted by molar-refractivity contribution is 1.35. The molecule has 1 heteroatoms. The van der Waals surface area contributed by atoms with E-state index < -0.39 is 0 Å². The Morgan fingerprint density at radius 1 is 0.765 bits per heavy atom. The Hall–Kier alpha value is -2.15. The van der Waals surface area contributed by atoms with Crippen LogP contribution in [0.3, 0.4) is 0 Å². The van der Waals surface area contributed by atoms with E-state index in [2.05, 4.69) is 54.4 Å². The molecule has 2 aromatic carbocycles. The molecule has 3 aromatic rings. The van der Waals surface area contributed by atoms with Crippen LogP contribution in [0.5, 0.6) is 0 Å². The third-order valence-electron chi connectivity index (χ3n) is 3.10. The van der Waals surface area contributed by atoms with Gasteiger partial charge >= 0.3 is 0 Å². The molecule has 0 unspecified atom stereocenters. The molecule has 0 spiro atoms. The van der Waals surface area contributed by atoms with E-state index in [9.17, 15) is 0 Å². The van der Waals surface area contributed by atoms with Crippen molar-refractivity contribution in [1.82, 2.24) is 4.98 Å². The van der Waals surface area contributed by atoms with Crippen LogP contribution in [-0.4, -0.2) is 4.98 Å². The first-order chi connectivity index (χ1) is 8.36. The number of hydrogen-bond donors (Lipinski definition) is 0. The SMILES string of the molecule is Cc1ccccc1-c1cncc2ccccc12. The lowest BCUT2D eigenvalue weighted by atomic mass is 9.97. The van der Waals surface area contributed by atoms with E-state index in [0.29, 0.717) is 0 Å². The van der Waals surface area contributed by atoms with E-state index in [-0.39, 0.29) is 0 Å². The maximum Gasteiger partial charge on any atom is 0.0352 e. The molecule has 0 aliphatic heterocycles. The number of hydrogen-bond acceptors (Lipinski definition) is 1. The first kappa shape index (κ1) is 10.0. The van der Waals surface area contributed by atoms with E-state index in [4.69, 9.17) is 0 Å². The highest BCUT2D eigenvalue weighted by Crippen LogP contribution is 2.29. The van der Waals surface area contributed by atoms with Gasteiger partial charge in [-0.15, -0.1) is 0 Å². The molecule has 0 bridgehead atoms. The molecule has 0 aliphatic carbocycles. The van der Waals surface area contributed by atoms with Crippen LogP contribution in [0, 0.1) is 6.92 Å². The fraction of sp³-hybridized carbons (Fsp3) is 0.0625. The zero-order valence-corrected chi connectivity index (χ0v) is 9.72. The van der Waals surface area contributed by atoms with Crippen molar-refractivity contribution in [2.24, 2.45) is 0 Å². The Kier molecular flexibility index (Phi) is 2.37. The topological polar surface area (TPSA) is 12.9 Å². The van der Waals surface area contributed by atoms with Gasteiger partial charge in [0.15, 0.2) is 0 Å². The van der Waals surface area contributed by atoms with Crippen LogP contribution >= 0.6 is 0 Å². The van der Waals surface area contributed by atoms with E-state index in [1.165, 1.54) is 27.5 Å². The Labute approximate surface area is 101 Å². The van der Waals surface area contributed by atoms with Crippen LogP contribution in [0.25, 0.3) is 21.9 Å². The molecule has 0 saturated carbocycles. The van der Waals surface area contributed by atoms with Gasteiger partial charge in [-0.05, 0) is 23.4 Å². The maximum absolute atomic E-state index is 4.33. The zero-order chi connectivity index (χ0) is 11.7. The highest BCUT2D eigenvalue weighted by molar-refractivity contribution is 5.96. The van der Waals surface area contributed by atoms with Gasteiger partial charge in [0.2, 0.25) is 0 Å².